The summed E-state index contributed by atoms with van der Waals surface area (Å²) in [5, 5.41) is 18.0. The lowest BCUT2D eigenvalue weighted by molar-refractivity contribution is -0.133. The van der Waals surface area contributed by atoms with Gasteiger partial charge in [-0.2, -0.15) is 0 Å². The molecule has 0 saturated carbocycles. The fourth-order valence-electron chi connectivity index (χ4n) is 0.809. The van der Waals surface area contributed by atoms with Crippen molar-refractivity contribution in [2.45, 2.75) is 6.42 Å². The van der Waals surface area contributed by atoms with Crippen LogP contribution in [0.15, 0.2) is 18.2 Å². The summed E-state index contributed by atoms with van der Waals surface area (Å²) in [6.45, 7) is 3.33. The summed E-state index contributed by atoms with van der Waals surface area (Å²) in [6, 6.07) is 3.60. The van der Waals surface area contributed by atoms with Crippen molar-refractivity contribution >= 4 is 5.97 Å². The van der Waals surface area contributed by atoms with Gasteiger partial charge in [0.15, 0.2) is 0 Å². The van der Waals surface area contributed by atoms with Gasteiger partial charge in [0.2, 0.25) is 0 Å². The fraction of sp³-hybridized carbons (Fsp3) is 0.111. The van der Waals surface area contributed by atoms with E-state index in [-0.39, 0.29) is 23.7 Å². The number of esters is 1. The first-order valence-corrected chi connectivity index (χ1v) is 3.65. The van der Waals surface area contributed by atoms with E-state index in [1.807, 2.05) is 0 Å². The first-order valence-electron chi connectivity index (χ1n) is 3.65. The Bertz CT molecular complexity index is 299. The number of hydrogen-bond donors (Lipinski definition) is 2. The van der Waals surface area contributed by atoms with E-state index in [1.165, 1.54) is 12.1 Å². The molecule has 0 unspecified atom stereocenters. The quantitative estimate of drug-likeness (QED) is 0.532. The number of benzene rings is 1. The first-order chi connectivity index (χ1) is 6.11. The largest absolute Gasteiger partial charge is 0.508 e. The van der Waals surface area contributed by atoms with Crippen molar-refractivity contribution in [1.29, 1.82) is 0 Å². The van der Waals surface area contributed by atoms with Crippen LogP contribution in [0.3, 0.4) is 0 Å². The molecule has 1 aromatic rings. The third-order valence-electron chi connectivity index (χ3n) is 1.31. The molecule has 0 aliphatic rings. The number of rotatable bonds is 2. The van der Waals surface area contributed by atoms with E-state index < -0.39 is 5.97 Å². The highest BCUT2D eigenvalue weighted by atomic mass is 16.5. The summed E-state index contributed by atoms with van der Waals surface area (Å²) < 4.78 is 4.70. The highest BCUT2D eigenvalue weighted by Crippen LogP contribution is 2.25. The topological polar surface area (TPSA) is 66.8 Å². The lowest BCUT2D eigenvalue weighted by Crippen LogP contribution is -2.05. The van der Waals surface area contributed by atoms with Gasteiger partial charge >= 0.3 is 5.97 Å². The molecule has 0 spiro atoms. The lowest BCUT2D eigenvalue weighted by Gasteiger charge is -2.03. The summed E-state index contributed by atoms with van der Waals surface area (Å²) >= 11 is 0. The minimum absolute atomic E-state index is 0.00355. The van der Waals surface area contributed by atoms with Gasteiger partial charge in [-0.3, -0.25) is 4.79 Å². The van der Waals surface area contributed by atoms with Crippen LogP contribution in [0.4, 0.5) is 0 Å². The van der Waals surface area contributed by atoms with Crippen LogP contribution in [0.25, 0.3) is 0 Å². The molecule has 69 valence electrons. The van der Waals surface area contributed by atoms with Crippen LogP contribution >= 0.6 is 0 Å². The van der Waals surface area contributed by atoms with E-state index in [9.17, 15) is 4.79 Å². The van der Waals surface area contributed by atoms with Crippen molar-refractivity contribution < 1.29 is 19.7 Å². The molecule has 0 atom stereocenters. The van der Waals surface area contributed by atoms with Crippen LogP contribution in [-0.4, -0.2) is 16.2 Å². The Kier molecular flexibility index (Phi) is 2.74. The minimum atomic E-state index is -0.523. The number of phenolic OH excluding ortho intramolecular Hbond substituents is 2. The van der Waals surface area contributed by atoms with Crippen LogP contribution in [0.2, 0.25) is 0 Å². The van der Waals surface area contributed by atoms with E-state index in [0.717, 1.165) is 6.07 Å². The highest BCUT2D eigenvalue weighted by Gasteiger charge is 2.04. The summed E-state index contributed by atoms with van der Waals surface area (Å²) in [5.74, 6) is -0.741. The van der Waals surface area contributed by atoms with E-state index in [2.05, 4.69) is 6.92 Å². The molecule has 2 N–H and O–H groups in total. The molecule has 1 aromatic carbocycles. The monoisotopic (exact) mass is 181 g/mol. The molecule has 0 amide bonds. The SMILES string of the molecule is [CH2]CC(=O)Oc1cc(O)cc(O)c1. The molecule has 1 radical (unpaired) electrons. The fourth-order valence-corrected chi connectivity index (χ4v) is 0.809. The van der Waals surface area contributed by atoms with Crippen LogP contribution in [0, 0.1) is 6.92 Å². The average molecular weight is 181 g/mol. The minimum Gasteiger partial charge on any atom is -0.508 e. The zero-order chi connectivity index (χ0) is 9.84. The van der Waals surface area contributed by atoms with E-state index in [4.69, 9.17) is 14.9 Å². The van der Waals surface area contributed by atoms with Gasteiger partial charge < -0.3 is 14.9 Å². The van der Waals surface area contributed by atoms with Crippen molar-refractivity contribution in [3.05, 3.63) is 25.1 Å². The molecule has 0 bridgehead atoms. The van der Waals surface area contributed by atoms with Crippen molar-refractivity contribution in [2.24, 2.45) is 0 Å². The van der Waals surface area contributed by atoms with Gasteiger partial charge in [0.25, 0.3) is 0 Å². The summed E-state index contributed by atoms with van der Waals surface area (Å²) in [7, 11) is 0. The van der Waals surface area contributed by atoms with Crippen molar-refractivity contribution in [1.82, 2.24) is 0 Å². The Morgan fingerprint density at radius 1 is 1.31 bits per heavy atom. The molecule has 0 fully saturated rings. The Morgan fingerprint density at radius 2 is 1.85 bits per heavy atom. The van der Waals surface area contributed by atoms with Crippen molar-refractivity contribution in [3.63, 3.8) is 0 Å². The Balaban J connectivity index is 2.83. The number of hydrogen-bond acceptors (Lipinski definition) is 4. The highest BCUT2D eigenvalue weighted by molar-refractivity contribution is 5.73. The number of carbonyl (C=O) groups is 1. The molecule has 13 heavy (non-hydrogen) atoms. The van der Waals surface area contributed by atoms with Crippen LogP contribution < -0.4 is 4.74 Å². The van der Waals surface area contributed by atoms with E-state index in [1.54, 1.807) is 0 Å². The van der Waals surface area contributed by atoms with Crippen LogP contribution in [-0.2, 0) is 4.79 Å². The van der Waals surface area contributed by atoms with Gasteiger partial charge in [0.05, 0.1) is 0 Å². The van der Waals surface area contributed by atoms with Gasteiger partial charge in [0, 0.05) is 24.6 Å². The molecular weight excluding hydrogens is 172 g/mol. The van der Waals surface area contributed by atoms with E-state index >= 15 is 0 Å². The van der Waals surface area contributed by atoms with Gasteiger partial charge in [-0.1, -0.05) is 0 Å². The van der Waals surface area contributed by atoms with Crippen LogP contribution in [0.5, 0.6) is 17.2 Å². The molecule has 4 nitrogen and oxygen atoms in total. The van der Waals surface area contributed by atoms with Crippen LogP contribution in [0.1, 0.15) is 6.42 Å². The maximum atomic E-state index is 10.8. The molecule has 0 aliphatic carbocycles. The van der Waals surface area contributed by atoms with Gasteiger partial charge in [-0.25, -0.2) is 0 Å². The Labute approximate surface area is 75.4 Å². The molecule has 0 heterocycles. The third kappa shape index (κ3) is 2.66. The number of phenols is 2. The van der Waals surface area contributed by atoms with Gasteiger partial charge in [0.1, 0.15) is 17.2 Å². The molecule has 4 heteroatoms. The molecular formula is C9H9O4. The number of aromatic hydroxyl groups is 2. The number of carbonyl (C=O) groups excluding carboxylic acids is 1. The van der Waals surface area contributed by atoms with Crippen molar-refractivity contribution in [2.75, 3.05) is 0 Å². The maximum absolute atomic E-state index is 10.8. The first kappa shape index (κ1) is 9.38. The standard InChI is InChI=1S/C9H9O4/c1-2-9(12)13-8-4-6(10)3-7(11)5-8/h3-5,10-11H,1-2H2. The predicted molar refractivity (Wildman–Crippen MR) is 45.4 cm³/mol. The normalized spacial score (nSPS) is 9.62. The Morgan fingerprint density at radius 3 is 2.31 bits per heavy atom. The summed E-state index contributed by atoms with van der Waals surface area (Å²) in [5.41, 5.74) is 0. The summed E-state index contributed by atoms with van der Waals surface area (Å²) in [4.78, 5) is 10.8. The molecule has 0 saturated heterocycles. The second-order valence-corrected chi connectivity index (χ2v) is 2.41. The predicted octanol–water partition coefficient (Wildman–Crippen LogP) is 1.23. The second-order valence-electron chi connectivity index (χ2n) is 2.41. The summed E-state index contributed by atoms with van der Waals surface area (Å²) in [6.07, 6.45) is -0.00355. The lowest BCUT2D eigenvalue weighted by atomic mass is 10.3. The van der Waals surface area contributed by atoms with Crippen molar-refractivity contribution in [3.8, 4) is 17.2 Å². The third-order valence-corrected chi connectivity index (χ3v) is 1.31. The molecule has 1 rings (SSSR count). The average Bonchev–Trinajstić information content (AvgIpc) is 2.02. The number of ether oxygens (including phenoxy) is 1. The van der Waals surface area contributed by atoms with Gasteiger partial charge in [-0.15, -0.1) is 0 Å². The zero-order valence-electron chi connectivity index (χ0n) is 6.86. The smallest absolute Gasteiger partial charge is 0.311 e. The second kappa shape index (κ2) is 3.80. The van der Waals surface area contributed by atoms with Gasteiger partial charge in [-0.05, 0) is 6.92 Å². The Hall–Kier alpha value is -1.71. The maximum Gasteiger partial charge on any atom is 0.311 e. The molecule has 0 aromatic heterocycles. The zero-order valence-corrected chi connectivity index (χ0v) is 6.86. The van der Waals surface area contributed by atoms with E-state index in [0.29, 0.717) is 0 Å². The molecule has 0 aliphatic heterocycles.